The molecule has 21 heavy (non-hydrogen) atoms. The molecule has 1 aliphatic rings. The van der Waals surface area contributed by atoms with Gasteiger partial charge in [0.25, 0.3) is 5.69 Å². The highest BCUT2D eigenvalue weighted by molar-refractivity contribution is 9.10. The number of halogens is 1. The lowest BCUT2D eigenvalue weighted by Gasteiger charge is -2.32. The molecule has 0 atom stereocenters. The van der Waals surface area contributed by atoms with Crippen molar-refractivity contribution < 1.29 is 9.72 Å². The molecule has 1 saturated carbocycles. The van der Waals surface area contributed by atoms with Crippen LogP contribution >= 0.6 is 15.9 Å². The number of benzene rings is 1. The molecule has 3 N–H and O–H groups in total. The first-order chi connectivity index (χ1) is 9.89. The van der Waals surface area contributed by atoms with Crippen molar-refractivity contribution in [1.29, 1.82) is 0 Å². The molecule has 0 radical (unpaired) electrons. The summed E-state index contributed by atoms with van der Waals surface area (Å²) in [6, 6.07) is 4.41. The zero-order valence-corrected chi connectivity index (χ0v) is 13.2. The number of nitrogens with zero attached hydrogens (tertiary/aromatic N) is 1. The molecule has 0 aliphatic heterocycles. The largest absolute Gasteiger partial charge is 0.326 e. The summed E-state index contributed by atoms with van der Waals surface area (Å²) in [5.74, 6) is -0.153. The van der Waals surface area contributed by atoms with Crippen LogP contribution in [0, 0.1) is 10.1 Å². The van der Waals surface area contributed by atoms with E-state index >= 15 is 0 Å². The second-order valence-electron chi connectivity index (χ2n) is 5.57. The lowest BCUT2D eigenvalue weighted by Crippen LogP contribution is -2.44. The van der Waals surface area contributed by atoms with Gasteiger partial charge in [-0.15, -0.1) is 0 Å². The fourth-order valence-electron chi connectivity index (χ4n) is 2.69. The Morgan fingerprint density at radius 3 is 2.62 bits per heavy atom. The minimum absolute atomic E-state index is 0.0319. The second kappa shape index (κ2) is 6.53. The summed E-state index contributed by atoms with van der Waals surface area (Å²) < 4.78 is 0.338. The summed E-state index contributed by atoms with van der Waals surface area (Å²) in [5.41, 5.74) is 6.32. The molecule has 0 unspecified atom stereocenters. The highest BCUT2D eigenvalue weighted by Crippen LogP contribution is 2.30. The van der Waals surface area contributed by atoms with Gasteiger partial charge in [0.05, 0.1) is 9.40 Å². The standard InChI is InChI=1S/C14H18BrN3O3/c15-11-8-10(4-5-12(11)18(20)21)17-13(19)9-14(16)6-2-1-3-7-14/h4-5,8H,1-3,6-7,9,16H2,(H,17,19). The average molecular weight is 356 g/mol. The maximum Gasteiger partial charge on any atom is 0.283 e. The van der Waals surface area contributed by atoms with Crippen LogP contribution in [-0.2, 0) is 4.79 Å². The molecule has 6 nitrogen and oxygen atoms in total. The van der Waals surface area contributed by atoms with Crippen molar-refractivity contribution in [3.05, 3.63) is 32.8 Å². The van der Waals surface area contributed by atoms with Crippen molar-refractivity contribution in [3.8, 4) is 0 Å². The number of nitro benzene ring substituents is 1. The van der Waals surface area contributed by atoms with Crippen LogP contribution in [0.15, 0.2) is 22.7 Å². The summed E-state index contributed by atoms with van der Waals surface area (Å²) in [6.45, 7) is 0. The third kappa shape index (κ3) is 4.25. The van der Waals surface area contributed by atoms with Crippen molar-refractivity contribution in [2.24, 2.45) is 5.73 Å². The fraction of sp³-hybridized carbons (Fsp3) is 0.500. The van der Waals surface area contributed by atoms with Crippen LogP contribution in [0.3, 0.4) is 0 Å². The zero-order chi connectivity index (χ0) is 15.5. The molecule has 1 aromatic carbocycles. The zero-order valence-electron chi connectivity index (χ0n) is 11.6. The Morgan fingerprint density at radius 2 is 2.05 bits per heavy atom. The first-order valence-electron chi connectivity index (χ1n) is 6.92. The number of hydrogen-bond acceptors (Lipinski definition) is 4. The highest BCUT2D eigenvalue weighted by Gasteiger charge is 2.30. The van der Waals surface area contributed by atoms with Gasteiger partial charge in [0.1, 0.15) is 0 Å². The number of carbonyl (C=O) groups excluding carboxylic acids is 1. The van der Waals surface area contributed by atoms with Crippen molar-refractivity contribution in [2.45, 2.75) is 44.1 Å². The predicted octanol–water partition coefficient (Wildman–Crippen LogP) is 3.35. The van der Waals surface area contributed by atoms with Crippen LogP contribution in [0.2, 0.25) is 0 Å². The highest BCUT2D eigenvalue weighted by atomic mass is 79.9. The van der Waals surface area contributed by atoms with Gasteiger partial charge in [-0.1, -0.05) is 19.3 Å². The Hall–Kier alpha value is -1.47. The molecule has 1 aromatic rings. The Bertz CT molecular complexity index is 556. The van der Waals surface area contributed by atoms with Crippen LogP contribution in [0.25, 0.3) is 0 Å². The number of nitrogens with two attached hydrogens (primary N) is 1. The lowest BCUT2D eigenvalue weighted by molar-refractivity contribution is -0.385. The molecule has 1 fully saturated rings. The number of carbonyl (C=O) groups is 1. The summed E-state index contributed by atoms with van der Waals surface area (Å²) in [5, 5.41) is 13.5. The Morgan fingerprint density at radius 1 is 1.38 bits per heavy atom. The molecule has 114 valence electrons. The Labute approximate surface area is 131 Å². The minimum Gasteiger partial charge on any atom is -0.326 e. The molecular weight excluding hydrogens is 338 g/mol. The van der Waals surface area contributed by atoms with Gasteiger partial charge >= 0.3 is 0 Å². The van der Waals surface area contributed by atoms with Crippen molar-refractivity contribution >= 4 is 33.2 Å². The molecule has 1 amide bonds. The van der Waals surface area contributed by atoms with E-state index in [1.807, 2.05) is 0 Å². The van der Waals surface area contributed by atoms with Gasteiger partial charge in [-0.25, -0.2) is 0 Å². The maximum atomic E-state index is 12.1. The van der Waals surface area contributed by atoms with E-state index in [2.05, 4.69) is 21.2 Å². The molecule has 0 spiro atoms. The van der Waals surface area contributed by atoms with E-state index in [0.29, 0.717) is 10.2 Å². The molecule has 0 aromatic heterocycles. The van der Waals surface area contributed by atoms with Gasteiger partial charge in [0.2, 0.25) is 5.91 Å². The summed E-state index contributed by atoms with van der Waals surface area (Å²) in [7, 11) is 0. The average Bonchev–Trinajstić information content (AvgIpc) is 2.38. The SMILES string of the molecule is NC1(CC(=O)Nc2ccc([N+](=O)[O-])c(Br)c2)CCCCC1. The first kappa shape index (κ1) is 15.9. The quantitative estimate of drug-likeness (QED) is 0.638. The van der Waals surface area contributed by atoms with E-state index in [1.54, 1.807) is 0 Å². The number of amides is 1. The van der Waals surface area contributed by atoms with Crippen LogP contribution in [0.4, 0.5) is 11.4 Å². The van der Waals surface area contributed by atoms with Gasteiger partial charge in [0, 0.05) is 23.7 Å². The van der Waals surface area contributed by atoms with Gasteiger partial charge in [-0.3, -0.25) is 14.9 Å². The van der Waals surface area contributed by atoms with Crippen LogP contribution in [0.5, 0.6) is 0 Å². The van der Waals surface area contributed by atoms with Crippen LogP contribution < -0.4 is 11.1 Å². The molecule has 0 heterocycles. The molecule has 2 rings (SSSR count). The number of rotatable bonds is 4. The molecule has 7 heteroatoms. The second-order valence-corrected chi connectivity index (χ2v) is 6.43. The fourth-order valence-corrected chi connectivity index (χ4v) is 3.21. The summed E-state index contributed by atoms with van der Waals surface area (Å²) in [4.78, 5) is 22.3. The van der Waals surface area contributed by atoms with Crippen molar-refractivity contribution in [1.82, 2.24) is 0 Å². The van der Waals surface area contributed by atoms with E-state index < -0.39 is 10.5 Å². The number of anilines is 1. The van der Waals surface area contributed by atoms with Crippen molar-refractivity contribution in [3.63, 3.8) is 0 Å². The topological polar surface area (TPSA) is 98.3 Å². The van der Waals surface area contributed by atoms with E-state index in [-0.39, 0.29) is 18.0 Å². The summed E-state index contributed by atoms with van der Waals surface area (Å²) in [6.07, 6.45) is 5.31. The molecule has 0 bridgehead atoms. The Balaban J connectivity index is 1.99. The number of nitrogens with one attached hydrogen (secondary N) is 1. The molecule has 1 aliphatic carbocycles. The van der Waals surface area contributed by atoms with Gasteiger partial charge in [-0.2, -0.15) is 0 Å². The van der Waals surface area contributed by atoms with Crippen LogP contribution in [0.1, 0.15) is 38.5 Å². The monoisotopic (exact) mass is 355 g/mol. The normalized spacial score (nSPS) is 17.2. The van der Waals surface area contributed by atoms with Gasteiger partial charge in [0.15, 0.2) is 0 Å². The van der Waals surface area contributed by atoms with Gasteiger partial charge in [-0.05, 0) is 40.9 Å². The van der Waals surface area contributed by atoms with E-state index in [0.717, 1.165) is 25.7 Å². The van der Waals surface area contributed by atoms with Crippen LogP contribution in [-0.4, -0.2) is 16.4 Å². The molecule has 0 saturated heterocycles. The third-order valence-corrected chi connectivity index (χ3v) is 4.43. The predicted molar refractivity (Wildman–Crippen MR) is 84.0 cm³/mol. The smallest absolute Gasteiger partial charge is 0.283 e. The van der Waals surface area contributed by atoms with E-state index in [1.165, 1.54) is 24.6 Å². The minimum atomic E-state index is -0.480. The van der Waals surface area contributed by atoms with Gasteiger partial charge < -0.3 is 11.1 Å². The first-order valence-corrected chi connectivity index (χ1v) is 7.72. The maximum absolute atomic E-state index is 12.1. The Kier molecular flexibility index (Phi) is 4.95. The van der Waals surface area contributed by atoms with E-state index in [9.17, 15) is 14.9 Å². The van der Waals surface area contributed by atoms with Crippen molar-refractivity contribution in [2.75, 3.05) is 5.32 Å². The lowest BCUT2D eigenvalue weighted by atomic mass is 9.80. The number of hydrogen-bond donors (Lipinski definition) is 2. The van der Waals surface area contributed by atoms with E-state index in [4.69, 9.17) is 5.73 Å². The summed E-state index contributed by atoms with van der Waals surface area (Å²) >= 11 is 3.13. The number of nitro groups is 1. The third-order valence-electron chi connectivity index (χ3n) is 3.79. The molecular formula is C14H18BrN3O3.